The van der Waals surface area contributed by atoms with E-state index >= 15 is 0 Å². The molecule has 0 amide bonds. The van der Waals surface area contributed by atoms with Crippen molar-refractivity contribution in [3.05, 3.63) is 437 Å². The van der Waals surface area contributed by atoms with Gasteiger partial charge in [-0.1, -0.05) is 328 Å². The van der Waals surface area contributed by atoms with Gasteiger partial charge >= 0.3 is 0 Å². The monoisotopic (exact) mass is 1350 g/mol. The summed E-state index contributed by atoms with van der Waals surface area (Å²) in [6.07, 6.45) is 0. The molecule has 0 saturated carbocycles. The van der Waals surface area contributed by atoms with E-state index in [0.29, 0.717) is 0 Å². The third-order valence-corrected chi connectivity index (χ3v) is 20.4. The molecule has 0 aliphatic carbocycles. The van der Waals surface area contributed by atoms with Crippen molar-refractivity contribution in [1.82, 2.24) is 9.13 Å². The summed E-state index contributed by atoms with van der Waals surface area (Å²) in [5.41, 5.74) is 30.3. The Bertz CT molecular complexity index is 6200. The van der Waals surface area contributed by atoms with Crippen molar-refractivity contribution in [3.8, 4) is 89.3 Å². The van der Waals surface area contributed by atoms with Crippen molar-refractivity contribution in [3.63, 3.8) is 0 Å². The first-order valence-corrected chi connectivity index (χ1v) is 36.3. The van der Waals surface area contributed by atoms with Crippen molar-refractivity contribution in [2.24, 2.45) is 0 Å². The number of hydrogen-bond donors (Lipinski definition) is 0. The van der Waals surface area contributed by atoms with Crippen molar-refractivity contribution in [2.45, 2.75) is 0 Å². The van der Waals surface area contributed by atoms with Crippen LogP contribution < -0.4 is 9.80 Å². The largest absolute Gasteiger partial charge is 0.310 e. The molecule has 17 aromatic carbocycles. The van der Waals surface area contributed by atoms with Gasteiger partial charge in [-0.15, -0.1) is 0 Å². The first kappa shape index (κ1) is 64.1. The van der Waals surface area contributed by atoms with Gasteiger partial charge in [0.2, 0.25) is 0 Å². The van der Waals surface area contributed by atoms with Crippen LogP contribution in [-0.2, 0) is 0 Å². The van der Waals surface area contributed by atoms with Gasteiger partial charge in [0.05, 0.1) is 33.4 Å². The summed E-state index contributed by atoms with van der Waals surface area (Å²) in [6.45, 7) is 0. The summed E-state index contributed by atoms with van der Waals surface area (Å²) in [7, 11) is 0. The first-order valence-electron chi connectivity index (χ1n) is 36.3. The molecule has 0 N–H and O–H groups in total. The van der Waals surface area contributed by atoms with E-state index in [9.17, 15) is 0 Å². The van der Waals surface area contributed by atoms with Gasteiger partial charge in [0.25, 0.3) is 0 Å². The Balaban J connectivity index is 0.000000151. The van der Waals surface area contributed by atoms with Crippen LogP contribution in [-0.4, -0.2) is 9.13 Å². The SMILES string of the molecule is c1ccc(-c2cccc(N(c3ccc(-c4cccc(-n5c6ccccc6c6ccccc65)c4)cc3)c3cccc(-c4ccccc4)c3-c3ccccc3)c2)cc1.c1ccc(-c2cccc(N(c3ccc(-c4cccc(-n5c6ccccc6c6ccccc65)c4)cc3)c3ccccc3-c3ccccc3)c2)cc1. The fraction of sp³-hybridized carbons (Fsp3) is 0. The summed E-state index contributed by atoms with van der Waals surface area (Å²) < 4.78 is 4.76. The lowest BCUT2D eigenvalue weighted by Gasteiger charge is -2.30. The van der Waals surface area contributed by atoms with Crippen LogP contribution in [0.5, 0.6) is 0 Å². The maximum absolute atomic E-state index is 2.42. The summed E-state index contributed by atoms with van der Waals surface area (Å²) in [5.74, 6) is 0. The van der Waals surface area contributed by atoms with Crippen molar-refractivity contribution in [1.29, 1.82) is 0 Å². The van der Waals surface area contributed by atoms with E-state index in [1.165, 1.54) is 116 Å². The molecule has 0 aliphatic heterocycles. The van der Waals surface area contributed by atoms with Gasteiger partial charge in [0.1, 0.15) is 0 Å². The highest BCUT2D eigenvalue weighted by atomic mass is 15.2. The highest BCUT2D eigenvalue weighted by Gasteiger charge is 2.24. The molecule has 0 fully saturated rings. The van der Waals surface area contributed by atoms with Crippen molar-refractivity contribution in [2.75, 3.05) is 9.80 Å². The number of hydrogen-bond acceptors (Lipinski definition) is 2. The molecule has 2 heterocycles. The third kappa shape index (κ3) is 12.5. The zero-order valence-corrected chi connectivity index (χ0v) is 58.4. The Morgan fingerprint density at radius 2 is 0.443 bits per heavy atom. The van der Waals surface area contributed by atoms with Crippen LogP contribution in [0.2, 0.25) is 0 Å². The van der Waals surface area contributed by atoms with Crippen LogP contribution in [0.15, 0.2) is 437 Å². The van der Waals surface area contributed by atoms with E-state index in [-0.39, 0.29) is 0 Å². The van der Waals surface area contributed by atoms with E-state index in [0.717, 1.165) is 51.1 Å². The fourth-order valence-corrected chi connectivity index (χ4v) is 15.4. The molecule has 500 valence electrons. The van der Waals surface area contributed by atoms with Gasteiger partial charge in [-0.3, -0.25) is 0 Å². The van der Waals surface area contributed by atoms with E-state index < -0.39 is 0 Å². The van der Waals surface area contributed by atoms with Crippen molar-refractivity contribution < 1.29 is 0 Å². The van der Waals surface area contributed by atoms with Crippen LogP contribution in [0.4, 0.5) is 34.1 Å². The smallest absolute Gasteiger partial charge is 0.0546 e. The molecule has 2 aromatic heterocycles. The molecule has 4 heteroatoms. The molecular formula is C102H72N4. The predicted octanol–water partition coefficient (Wildman–Crippen LogP) is 28.2. The lowest BCUT2D eigenvalue weighted by Crippen LogP contribution is -2.12. The minimum atomic E-state index is 1.08. The molecule has 106 heavy (non-hydrogen) atoms. The standard InChI is InChI=1S/C54H38N2.C48H34N2/c1-4-17-39(18-5-1)43-23-14-25-46(37-43)55(53-32-16-29-48(41-19-6-2-7-20-41)54(53)42-21-8-3-9-22-42)45-35-33-40(34-36-45)44-24-15-26-47(38-44)56-51-30-12-10-27-49(51)50-28-11-13-31-52(50)56;1-3-15-35(16-4-1)38-19-13-21-41(33-38)49(46-26-10-7-23-43(46)37-17-5-2-6-18-37)40-31-29-36(30-32-40)39-20-14-22-42(34-39)50-47-27-11-8-24-44(47)45-25-9-12-28-48(45)50/h1-38H;1-34H. The molecule has 0 unspecified atom stereocenters. The Labute approximate surface area is 618 Å². The van der Waals surface area contributed by atoms with Gasteiger partial charge < -0.3 is 18.9 Å². The summed E-state index contributed by atoms with van der Waals surface area (Å²) >= 11 is 0. The van der Waals surface area contributed by atoms with E-state index in [1.807, 2.05) is 0 Å². The van der Waals surface area contributed by atoms with Gasteiger partial charge in [0.15, 0.2) is 0 Å². The molecular weight excluding hydrogens is 1280 g/mol. The number of para-hydroxylation sites is 5. The molecule has 19 aromatic rings. The van der Waals surface area contributed by atoms with Crippen LogP contribution in [0.25, 0.3) is 133 Å². The zero-order valence-electron chi connectivity index (χ0n) is 58.4. The molecule has 0 saturated heterocycles. The summed E-state index contributed by atoms with van der Waals surface area (Å²) in [4.78, 5) is 4.80. The normalized spacial score (nSPS) is 11.2. The van der Waals surface area contributed by atoms with Crippen LogP contribution >= 0.6 is 0 Å². The number of anilines is 6. The fourth-order valence-electron chi connectivity index (χ4n) is 15.4. The van der Waals surface area contributed by atoms with Crippen molar-refractivity contribution >= 4 is 77.7 Å². The average molecular weight is 1350 g/mol. The number of rotatable bonds is 15. The Kier molecular flexibility index (Phi) is 17.4. The van der Waals surface area contributed by atoms with E-state index in [1.54, 1.807) is 0 Å². The quantitative estimate of drug-likeness (QED) is 0.102. The number of nitrogens with zero attached hydrogens (tertiary/aromatic N) is 4. The second-order valence-electron chi connectivity index (χ2n) is 26.8. The van der Waals surface area contributed by atoms with Gasteiger partial charge in [0, 0.05) is 66.8 Å². The third-order valence-electron chi connectivity index (χ3n) is 20.4. The van der Waals surface area contributed by atoms with Crippen LogP contribution in [0.3, 0.4) is 0 Å². The summed E-state index contributed by atoms with van der Waals surface area (Å²) in [5, 5.41) is 5.07. The van der Waals surface area contributed by atoms with Gasteiger partial charge in [-0.25, -0.2) is 0 Å². The molecule has 0 aliphatic rings. The minimum absolute atomic E-state index is 1.08. The number of fused-ring (bicyclic) bond motifs is 6. The highest BCUT2D eigenvalue weighted by Crippen LogP contribution is 2.48. The second-order valence-corrected chi connectivity index (χ2v) is 26.8. The van der Waals surface area contributed by atoms with Gasteiger partial charge in [-0.05, 0) is 176 Å². The Hall–Kier alpha value is -14.1. The maximum atomic E-state index is 2.42. The van der Waals surface area contributed by atoms with Gasteiger partial charge in [-0.2, -0.15) is 0 Å². The predicted molar refractivity (Wildman–Crippen MR) is 449 cm³/mol. The molecule has 4 nitrogen and oxygen atoms in total. The lowest BCUT2D eigenvalue weighted by molar-refractivity contribution is 1.18. The van der Waals surface area contributed by atoms with E-state index in [4.69, 9.17) is 0 Å². The summed E-state index contributed by atoms with van der Waals surface area (Å²) in [6, 6.07) is 157. The molecule has 0 radical (unpaired) electrons. The van der Waals surface area contributed by atoms with Crippen LogP contribution in [0, 0.1) is 0 Å². The second kappa shape index (κ2) is 28.8. The minimum Gasteiger partial charge on any atom is -0.310 e. The zero-order chi connectivity index (χ0) is 70.5. The first-order chi connectivity index (χ1) is 52.6. The maximum Gasteiger partial charge on any atom is 0.0546 e. The highest BCUT2D eigenvalue weighted by molar-refractivity contribution is 6.10. The number of aromatic nitrogens is 2. The average Bonchev–Trinajstić information content (AvgIpc) is 1.70. The molecule has 0 spiro atoms. The van der Waals surface area contributed by atoms with E-state index in [2.05, 4.69) is 456 Å². The Morgan fingerprint density at radius 3 is 0.868 bits per heavy atom. The molecule has 19 rings (SSSR count). The van der Waals surface area contributed by atoms with Crippen LogP contribution in [0.1, 0.15) is 0 Å². The Morgan fingerprint density at radius 1 is 0.160 bits per heavy atom. The lowest BCUT2D eigenvalue weighted by atomic mass is 9.92. The molecule has 0 bridgehead atoms. The topological polar surface area (TPSA) is 16.3 Å². The molecule has 0 atom stereocenters. The number of benzene rings is 17.